The van der Waals surface area contributed by atoms with Crippen LogP contribution in [-0.2, 0) is 15.8 Å². The second kappa shape index (κ2) is 7.76. The Morgan fingerprint density at radius 1 is 1.15 bits per heavy atom. The zero-order chi connectivity index (χ0) is 18.9. The molecule has 138 valence electrons. The van der Waals surface area contributed by atoms with Crippen molar-refractivity contribution in [2.24, 2.45) is 0 Å². The van der Waals surface area contributed by atoms with Gasteiger partial charge in [0.2, 0.25) is 10.0 Å². The van der Waals surface area contributed by atoms with E-state index in [-0.39, 0.29) is 5.75 Å². The van der Waals surface area contributed by atoms with Crippen LogP contribution in [0.15, 0.2) is 69.7 Å². The zero-order valence-corrected chi connectivity index (χ0v) is 17.7. The highest BCUT2D eigenvalue weighted by Crippen LogP contribution is 2.45. The molecular weight excluding hydrogens is 434 g/mol. The standard InChI is InChI=1S/C19H20BrNO3S2/c1-13-19(25-2)18(22)17(15-9-6-10-16(20)11-15)21(13)26(23,24)12-14-7-4-3-5-8-14/h3-11,17-18,22H,12H2,1-2H3. The number of nitrogens with zero attached hydrogens (tertiary/aromatic N) is 1. The van der Waals surface area contributed by atoms with Crippen LogP contribution in [-0.4, -0.2) is 30.2 Å². The van der Waals surface area contributed by atoms with Gasteiger partial charge in [-0.25, -0.2) is 8.42 Å². The van der Waals surface area contributed by atoms with Gasteiger partial charge in [-0.05, 0) is 36.4 Å². The van der Waals surface area contributed by atoms with E-state index in [2.05, 4.69) is 15.9 Å². The maximum atomic E-state index is 13.2. The predicted octanol–water partition coefficient (Wildman–Crippen LogP) is 4.29. The van der Waals surface area contributed by atoms with Gasteiger partial charge in [-0.3, -0.25) is 4.31 Å². The Balaban J connectivity index is 2.06. The van der Waals surface area contributed by atoms with Crippen LogP contribution in [0.1, 0.15) is 24.1 Å². The van der Waals surface area contributed by atoms with E-state index in [4.69, 9.17) is 0 Å². The summed E-state index contributed by atoms with van der Waals surface area (Å²) in [5.41, 5.74) is 2.07. The molecule has 2 atom stereocenters. The molecule has 1 N–H and O–H groups in total. The molecule has 0 bridgehead atoms. The van der Waals surface area contributed by atoms with Crippen molar-refractivity contribution < 1.29 is 13.5 Å². The lowest BCUT2D eigenvalue weighted by Crippen LogP contribution is -2.35. The van der Waals surface area contributed by atoms with E-state index in [1.807, 2.05) is 48.7 Å². The molecular formula is C19H20BrNO3S2. The predicted molar refractivity (Wildman–Crippen MR) is 110 cm³/mol. The highest BCUT2D eigenvalue weighted by atomic mass is 79.9. The second-order valence-corrected chi connectivity index (χ2v) is 9.75. The third-order valence-corrected chi connectivity index (χ3v) is 7.68. The summed E-state index contributed by atoms with van der Waals surface area (Å²) in [6.45, 7) is 1.76. The van der Waals surface area contributed by atoms with Gasteiger partial charge in [0, 0.05) is 15.1 Å². The summed E-state index contributed by atoms with van der Waals surface area (Å²) < 4.78 is 28.7. The first-order valence-electron chi connectivity index (χ1n) is 8.09. The first-order chi connectivity index (χ1) is 12.3. The Morgan fingerprint density at radius 3 is 2.46 bits per heavy atom. The Labute approximate surface area is 167 Å². The third-order valence-electron chi connectivity index (χ3n) is 4.41. The van der Waals surface area contributed by atoms with Crippen molar-refractivity contribution >= 4 is 37.7 Å². The average Bonchev–Trinajstić information content (AvgIpc) is 2.86. The van der Waals surface area contributed by atoms with Crippen LogP contribution in [0.2, 0.25) is 0 Å². The van der Waals surface area contributed by atoms with Crippen LogP contribution >= 0.6 is 27.7 Å². The summed E-state index contributed by atoms with van der Waals surface area (Å²) in [5, 5.41) is 10.9. The fourth-order valence-electron chi connectivity index (χ4n) is 3.32. The van der Waals surface area contributed by atoms with Gasteiger partial charge in [-0.1, -0.05) is 58.4 Å². The molecule has 2 aromatic rings. The lowest BCUT2D eigenvalue weighted by atomic mass is 10.0. The molecule has 0 fully saturated rings. The molecule has 0 amide bonds. The molecule has 0 spiro atoms. The Kier molecular flexibility index (Phi) is 5.81. The van der Waals surface area contributed by atoms with Crippen LogP contribution in [0, 0.1) is 0 Å². The number of rotatable bonds is 5. The number of aliphatic hydroxyl groups is 1. The van der Waals surface area contributed by atoms with Gasteiger partial charge < -0.3 is 5.11 Å². The number of aliphatic hydroxyl groups excluding tert-OH is 1. The molecule has 0 saturated carbocycles. The summed E-state index contributed by atoms with van der Waals surface area (Å²) in [6.07, 6.45) is 0.970. The number of sulfonamides is 1. The molecule has 26 heavy (non-hydrogen) atoms. The van der Waals surface area contributed by atoms with Crippen LogP contribution in [0.25, 0.3) is 0 Å². The van der Waals surface area contributed by atoms with Crippen molar-refractivity contribution in [2.75, 3.05) is 6.26 Å². The topological polar surface area (TPSA) is 57.6 Å². The van der Waals surface area contributed by atoms with E-state index in [1.54, 1.807) is 19.1 Å². The minimum Gasteiger partial charge on any atom is -0.385 e. The molecule has 4 nitrogen and oxygen atoms in total. The second-order valence-electron chi connectivity index (χ2n) is 6.14. The molecule has 0 saturated heterocycles. The molecule has 2 aromatic carbocycles. The van der Waals surface area contributed by atoms with Crippen LogP contribution in [0.4, 0.5) is 0 Å². The fraction of sp³-hybridized carbons (Fsp3) is 0.263. The molecule has 2 unspecified atom stereocenters. The lowest BCUT2D eigenvalue weighted by molar-refractivity contribution is 0.161. The third kappa shape index (κ3) is 3.71. The van der Waals surface area contributed by atoms with Gasteiger partial charge in [-0.2, -0.15) is 0 Å². The van der Waals surface area contributed by atoms with Crippen molar-refractivity contribution in [2.45, 2.75) is 24.8 Å². The van der Waals surface area contributed by atoms with E-state index in [0.717, 1.165) is 15.6 Å². The van der Waals surface area contributed by atoms with E-state index < -0.39 is 22.2 Å². The molecule has 0 aliphatic carbocycles. The Hall–Kier alpha value is -1.28. The minimum absolute atomic E-state index is 0.107. The quantitative estimate of drug-likeness (QED) is 0.733. The molecule has 1 aliphatic rings. The molecule has 3 rings (SSSR count). The number of hydrogen-bond acceptors (Lipinski definition) is 4. The van der Waals surface area contributed by atoms with Crippen molar-refractivity contribution in [3.8, 4) is 0 Å². The smallest absolute Gasteiger partial charge is 0.239 e. The fourth-order valence-corrected chi connectivity index (χ4v) is 6.41. The van der Waals surface area contributed by atoms with Gasteiger partial charge in [0.15, 0.2) is 0 Å². The maximum absolute atomic E-state index is 13.2. The summed E-state index contributed by atoms with van der Waals surface area (Å²) in [7, 11) is -3.66. The summed E-state index contributed by atoms with van der Waals surface area (Å²) >= 11 is 4.82. The number of thioether (sulfide) groups is 1. The number of halogens is 1. The first-order valence-corrected chi connectivity index (χ1v) is 11.7. The van der Waals surface area contributed by atoms with Crippen LogP contribution < -0.4 is 0 Å². The molecule has 0 aromatic heterocycles. The van der Waals surface area contributed by atoms with Gasteiger partial charge in [0.05, 0.1) is 5.75 Å². The zero-order valence-electron chi connectivity index (χ0n) is 14.5. The van der Waals surface area contributed by atoms with Crippen molar-refractivity contribution in [3.05, 3.63) is 80.8 Å². The summed E-state index contributed by atoms with van der Waals surface area (Å²) in [5.74, 6) is -0.107. The number of benzene rings is 2. The van der Waals surface area contributed by atoms with Gasteiger partial charge >= 0.3 is 0 Å². The Bertz CT molecular complexity index is 929. The van der Waals surface area contributed by atoms with Crippen LogP contribution in [0.3, 0.4) is 0 Å². The van der Waals surface area contributed by atoms with Crippen molar-refractivity contribution in [3.63, 3.8) is 0 Å². The van der Waals surface area contributed by atoms with Crippen LogP contribution in [0.5, 0.6) is 0 Å². The number of hydrogen-bond donors (Lipinski definition) is 1. The van der Waals surface area contributed by atoms with E-state index in [0.29, 0.717) is 10.6 Å². The lowest BCUT2D eigenvalue weighted by Gasteiger charge is -2.29. The highest BCUT2D eigenvalue weighted by Gasteiger charge is 2.44. The largest absolute Gasteiger partial charge is 0.385 e. The van der Waals surface area contributed by atoms with E-state index in [1.165, 1.54) is 16.1 Å². The average molecular weight is 454 g/mol. The monoisotopic (exact) mass is 453 g/mol. The van der Waals surface area contributed by atoms with Crippen molar-refractivity contribution in [1.82, 2.24) is 4.31 Å². The maximum Gasteiger partial charge on any atom is 0.239 e. The Morgan fingerprint density at radius 2 is 1.85 bits per heavy atom. The minimum atomic E-state index is -3.66. The van der Waals surface area contributed by atoms with Gasteiger partial charge in [0.1, 0.15) is 12.1 Å². The SMILES string of the molecule is CSC1=C(C)N(S(=O)(=O)Cc2ccccc2)C(c2cccc(Br)c2)C1O. The molecule has 1 heterocycles. The van der Waals surface area contributed by atoms with E-state index >= 15 is 0 Å². The summed E-state index contributed by atoms with van der Waals surface area (Å²) in [6, 6.07) is 15.9. The van der Waals surface area contributed by atoms with Crippen molar-refractivity contribution in [1.29, 1.82) is 0 Å². The molecule has 7 heteroatoms. The summed E-state index contributed by atoms with van der Waals surface area (Å²) in [4.78, 5) is 0.687. The van der Waals surface area contributed by atoms with Gasteiger partial charge in [0.25, 0.3) is 0 Å². The number of allylic oxidation sites excluding steroid dienone is 1. The highest BCUT2D eigenvalue weighted by molar-refractivity contribution is 9.10. The first kappa shape index (κ1) is 19.5. The normalized spacial score (nSPS) is 20.7. The van der Waals surface area contributed by atoms with E-state index in [9.17, 15) is 13.5 Å². The molecule has 1 aliphatic heterocycles. The van der Waals surface area contributed by atoms with Gasteiger partial charge in [-0.15, -0.1) is 11.8 Å². The molecule has 0 radical (unpaired) electrons.